The predicted molar refractivity (Wildman–Crippen MR) is 125 cm³/mol. The standard InChI is InChI=1S/C26H24N2O2S/c29-25(18-30-23-15-6-4-12-20(23)19-10-2-1-3-11-19)28-17-9-8-14-22(28)26-27-21-13-5-7-16-24(21)31-26/h1-7,10-13,15-16,22H,8-9,14,17-18H2. The number of amides is 1. The van der Waals surface area contributed by atoms with Gasteiger partial charge in [-0.2, -0.15) is 0 Å². The summed E-state index contributed by atoms with van der Waals surface area (Å²) < 4.78 is 7.21. The van der Waals surface area contributed by atoms with Gasteiger partial charge in [0, 0.05) is 12.1 Å². The monoisotopic (exact) mass is 428 g/mol. The Morgan fingerprint density at radius 2 is 1.74 bits per heavy atom. The Morgan fingerprint density at radius 3 is 2.61 bits per heavy atom. The Morgan fingerprint density at radius 1 is 0.968 bits per heavy atom. The van der Waals surface area contributed by atoms with Crippen LogP contribution in [-0.4, -0.2) is 28.9 Å². The molecule has 0 spiro atoms. The lowest BCUT2D eigenvalue weighted by atomic mass is 10.0. The number of hydrogen-bond acceptors (Lipinski definition) is 4. The van der Waals surface area contributed by atoms with E-state index in [1.807, 2.05) is 65.6 Å². The average Bonchev–Trinajstić information content (AvgIpc) is 3.27. The van der Waals surface area contributed by atoms with Crippen LogP contribution in [0.4, 0.5) is 0 Å². The maximum absolute atomic E-state index is 13.2. The van der Waals surface area contributed by atoms with Crippen LogP contribution in [0.1, 0.15) is 30.3 Å². The molecule has 2 heterocycles. The minimum Gasteiger partial charge on any atom is -0.483 e. The van der Waals surface area contributed by atoms with Crippen LogP contribution in [0.25, 0.3) is 21.3 Å². The van der Waals surface area contributed by atoms with E-state index in [1.54, 1.807) is 11.3 Å². The van der Waals surface area contributed by atoms with Gasteiger partial charge in [-0.15, -0.1) is 11.3 Å². The second kappa shape index (κ2) is 8.90. The maximum atomic E-state index is 13.2. The summed E-state index contributed by atoms with van der Waals surface area (Å²) in [6.45, 7) is 0.786. The second-order valence-electron chi connectivity index (χ2n) is 7.77. The summed E-state index contributed by atoms with van der Waals surface area (Å²) in [4.78, 5) is 20.0. The lowest BCUT2D eigenvalue weighted by Gasteiger charge is -2.34. The molecule has 1 amide bonds. The number of nitrogens with zero attached hydrogens (tertiary/aromatic N) is 2. The van der Waals surface area contributed by atoms with Crippen molar-refractivity contribution in [1.29, 1.82) is 0 Å². The summed E-state index contributed by atoms with van der Waals surface area (Å²) in [5.74, 6) is 0.752. The minimum absolute atomic E-state index is 0.0202. The number of para-hydroxylation sites is 2. The van der Waals surface area contributed by atoms with Crippen molar-refractivity contribution in [1.82, 2.24) is 9.88 Å². The number of carbonyl (C=O) groups excluding carboxylic acids is 1. The van der Waals surface area contributed by atoms with Crippen LogP contribution in [0.5, 0.6) is 5.75 Å². The maximum Gasteiger partial charge on any atom is 0.261 e. The van der Waals surface area contributed by atoms with Crippen LogP contribution in [0.3, 0.4) is 0 Å². The quantitative estimate of drug-likeness (QED) is 0.386. The summed E-state index contributed by atoms with van der Waals surface area (Å²) >= 11 is 1.69. The van der Waals surface area contributed by atoms with Crippen LogP contribution in [0, 0.1) is 0 Å². The molecular weight excluding hydrogens is 404 g/mol. The molecule has 0 bridgehead atoms. The van der Waals surface area contributed by atoms with Gasteiger partial charge in [-0.25, -0.2) is 4.98 Å². The highest BCUT2D eigenvalue weighted by atomic mass is 32.1. The van der Waals surface area contributed by atoms with E-state index in [4.69, 9.17) is 9.72 Å². The van der Waals surface area contributed by atoms with Crippen LogP contribution in [-0.2, 0) is 4.79 Å². The fraction of sp³-hybridized carbons (Fsp3) is 0.231. The normalized spacial score (nSPS) is 16.4. The number of ether oxygens (including phenoxy) is 1. The van der Waals surface area contributed by atoms with Gasteiger partial charge in [0.2, 0.25) is 0 Å². The lowest BCUT2D eigenvalue weighted by Crippen LogP contribution is -2.41. The van der Waals surface area contributed by atoms with E-state index in [0.717, 1.165) is 53.2 Å². The molecule has 1 aliphatic heterocycles. The first-order valence-corrected chi connectivity index (χ1v) is 11.5. The summed E-state index contributed by atoms with van der Waals surface area (Å²) in [6.07, 6.45) is 3.09. The molecule has 4 nitrogen and oxygen atoms in total. The fourth-order valence-electron chi connectivity index (χ4n) is 4.19. The minimum atomic E-state index is 0.0202. The molecule has 4 aromatic rings. The van der Waals surface area contributed by atoms with Crippen LogP contribution in [0.15, 0.2) is 78.9 Å². The molecule has 3 aromatic carbocycles. The number of benzene rings is 3. The van der Waals surface area contributed by atoms with Gasteiger partial charge in [-0.1, -0.05) is 60.7 Å². The number of thiazole rings is 1. The van der Waals surface area contributed by atoms with Crippen LogP contribution in [0.2, 0.25) is 0 Å². The molecule has 5 heteroatoms. The van der Waals surface area contributed by atoms with Crippen molar-refractivity contribution < 1.29 is 9.53 Å². The highest BCUT2D eigenvalue weighted by molar-refractivity contribution is 7.18. The molecule has 0 saturated carbocycles. The summed E-state index contributed by atoms with van der Waals surface area (Å²) in [5.41, 5.74) is 3.08. The third kappa shape index (κ3) is 4.19. The smallest absolute Gasteiger partial charge is 0.261 e. The topological polar surface area (TPSA) is 42.4 Å². The zero-order valence-electron chi connectivity index (χ0n) is 17.2. The first-order chi connectivity index (χ1) is 15.3. The van der Waals surface area contributed by atoms with Crippen LogP contribution < -0.4 is 4.74 Å². The average molecular weight is 429 g/mol. The van der Waals surface area contributed by atoms with Gasteiger partial charge in [-0.3, -0.25) is 4.79 Å². The van der Waals surface area contributed by atoms with Crippen molar-refractivity contribution in [3.63, 3.8) is 0 Å². The molecule has 1 aliphatic rings. The largest absolute Gasteiger partial charge is 0.483 e. The van der Waals surface area contributed by atoms with Crippen molar-refractivity contribution in [2.24, 2.45) is 0 Å². The van der Waals surface area contributed by atoms with Gasteiger partial charge in [0.25, 0.3) is 5.91 Å². The SMILES string of the molecule is O=C(COc1ccccc1-c1ccccc1)N1CCCCC1c1nc2ccccc2s1. The zero-order chi connectivity index (χ0) is 21.0. The molecule has 0 aliphatic carbocycles. The zero-order valence-corrected chi connectivity index (χ0v) is 18.1. The van der Waals surface area contributed by atoms with Crippen molar-refractivity contribution in [3.8, 4) is 16.9 Å². The van der Waals surface area contributed by atoms with Gasteiger partial charge in [-0.05, 0) is 43.0 Å². The Kier molecular flexibility index (Phi) is 5.67. The predicted octanol–water partition coefficient (Wildman–Crippen LogP) is 6.10. The molecular formula is C26H24N2O2S. The Hall–Kier alpha value is -3.18. The van der Waals surface area contributed by atoms with Gasteiger partial charge in [0.05, 0.1) is 16.3 Å². The molecule has 31 heavy (non-hydrogen) atoms. The Bertz CT molecular complexity index is 1160. The molecule has 1 aromatic heterocycles. The van der Waals surface area contributed by atoms with Crippen molar-refractivity contribution in [3.05, 3.63) is 83.9 Å². The number of likely N-dealkylation sites (tertiary alicyclic amines) is 1. The van der Waals surface area contributed by atoms with Crippen molar-refractivity contribution >= 4 is 27.5 Å². The Balaban J connectivity index is 1.34. The van der Waals surface area contributed by atoms with E-state index >= 15 is 0 Å². The summed E-state index contributed by atoms with van der Waals surface area (Å²) in [5, 5.41) is 1.03. The second-order valence-corrected chi connectivity index (χ2v) is 8.83. The van der Waals surface area contributed by atoms with Gasteiger partial charge >= 0.3 is 0 Å². The third-order valence-corrected chi connectivity index (χ3v) is 6.88. The first kappa shape index (κ1) is 19.8. The van der Waals surface area contributed by atoms with E-state index in [1.165, 1.54) is 4.70 Å². The lowest BCUT2D eigenvalue weighted by molar-refractivity contribution is -0.137. The Labute approximate surface area is 186 Å². The molecule has 1 fully saturated rings. The molecule has 5 rings (SSSR count). The highest BCUT2D eigenvalue weighted by Crippen LogP contribution is 2.36. The van der Waals surface area contributed by atoms with E-state index in [9.17, 15) is 4.79 Å². The molecule has 1 unspecified atom stereocenters. The van der Waals surface area contributed by atoms with E-state index < -0.39 is 0 Å². The number of carbonyl (C=O) groups is 1. The fourth-order valence-corrected chi connectivity index (χ4v) is 5.31. The highest BCUT2D eigenvalue weighted by Gasteiger charge is 2.30. The number of rotatable bonds is 5. The summed E-state index contributed by atoms with van der Waals surface area (Å²) in [7, 11) is 0. The van der Waals surface area contributed by atoms with E-state index in [0.29, 0.717) is 0 Å². The number of piperidine rings is 1. The molecule has 0 radical (unpaired) electrons. The van der Waals surface area contributed by atoms with Gasteiger partial charge in [0.15, 0.2) is 6.61 Å². The molecule has 1 saturated heterocycles. The van der Waals surface area contributed by atoms with Gasteiger partial charge in [0.1, 0.15) is 10.8 Å². The number of fused-ring (bicyclic) bond motifs is 1. The van der Waals surface area contributed by atoms with Crippen molar-refractivity contribution in [2.45, 2.75) is 25.3 Å². The van der Waals surface area contributed by atoms with E-state index in [2.05, 4.69) is 18.2 Å². The molecule has 0 N–H and O–H groups in total. The molecule has 156 valence electrons. The summed E-state index contributed by atoms with van der Waals surface area (Å²) in [6, 6.07) is 26.2. The van der Waals surface area contributed by atoms with E-state index in [-0.39, 0.29) is 18.6 Å². The molecule has 1 atom stereocenters. The van der Waals surface area contributed by atoms with Crippen molar-refractivity contribution in [2.75, 3.05) is 13.2 Å². The number of aromatic nitrogens is 1. The first-order valence-electron chi connectivity index (χ1n) is 10.7. The number of hydrogen-bond donors (Lipinski definition) is 0. The third-order valence-electron chi connectivity index (χ3n) is 5.74. The van der Waals surface area contributed by atoms with Gasteiger partial charge < -0.3 is 9.64 Å². The van der Waals surface area contributed by atoms with Crippen LogP contribution >= 0.6 is 11.3 Å².